The van der Waals surface area contributed by atoms with Crippen molar-refractivity contribution in [3.05, 3.63) is 82.6 Å². The summed E-state index contributed by atoms with van der Waals surface area (Å²) in [5.41, 5.74) is 4.37. The van der Waals surface area contributed by atoms with Crippen LogP contribution in [-0.2, 0) is 22.5 Å². The minimum absolute atomic E-state index is 0.135. The van der Waals surface area contributed by atoms with E-state index in [9.17, 15) is 9.35 Å². The Balaban J connectivity index is 1.15. The van der Waals surface area contributed by atoms with Crippen molar-refractivity contribution in [3.8, 4) is 0 Å². The average molecular weight is 522 g/mol. The molecule has 5 rings (SSSR count). The number of hydrogen-bond donors (Lipinski definition) is 1. The highest BCUT2D eigenvalue weighted by atomic mass is 35.5. The fourth-order valence-corrected chi connectivity index (χ4v) is 6.18. The number of hydrogen-bond acceptors (Lipinski definition) is 4. The normalized spacial score (nSPS) is 18.0. The maximum atomic E-state index is 12.8. The first-order valence-electron chi connectivity index (χ1n) is 12.7. The summed E-state index contributed by atoms with van der Waals surface area (Å²) < 4.78 is 12.8. The molecule has 1 aliphatic carbocycles. The second-order valence-corrected chi connectivity index (χ2v) is 11.8. The molecular weight excluding hydrogens is 490 g/mol. The number of pyridine rings is 1. The zero-order chi connectivity index (χ0) is 25.1. The topological polar surface area (TPSA) is 68.3 Å². The second-order valence-electron chi connectivity index (χ2n) is 9.93. The number of benzene rings is 2. The summed E-state index contributed by atoms with van der Waals surface area (Å²) >= 11 is 4.74. The first-order valence-corrected chi connectivity index (χ1v) is 14.2. The van der Waals surface area contributed by atoms with Crippen molar-refractivity contribution in [2.24, 2.45) is 5.92 Å². The number of nitrogens with zero attached hydrogens (tertiary/aromatic N) is 2. The third kappa shape index (κ3) is 5.94. The van der Waals surface area contributed by atoms with Crippen LogP contribution in [0.4, 0.5) is 5.69 Å². The van der Waals surface area contributed by atoms with Gasteiger partial charge in [-0.05, 0) is 105 Å². The van der Waals surface area contributed by atoms with Crippen LogP contribution in [-0.4, -0.2) is 33.4 Å². The zero-order valence-corrected chi connectivity index (χ0v) is 22.2. The number of amides is 1. The average Bonchev–Trinajstić information content (AvgIpc) is 2.85. The molecule has 2 heterocycles. The van der Waals surface area contributed by atoms with E-state index >= 15 is 0 Å². The van der Waals surface area contributed by atoms with Crippen LogP contribution >= 0.6 is 11.6 Å². The fourth-order valence-electron chi connectivity index (χ4n) is 5.02. The molecule has 0 radical (unpaired) electrons. The molecule has 1 saturated heterocycles. The number of anilines is 1. The van der Waals surface area contributed by atoms with Crippen molar-refractivity contribution in [1.29, 1.82) is 0 Å². The molecule has 1 amide bonds. The Bertz CT molecular complexity index is 1190. The summed E-state index contributed by atoms with van der Waals surface area (Å²) in [6, 6.07) is 17.4. The molecule has 7 heteroatoms. The number of piperidine rings is 1. The number of halogens is 1. The van der Waals surface area contributed by atoms with Crippen molar-refractivity contribution < 1.29 is 9.35 Å². The van der Waals surface area contributed by atoms with E-state index in [0.717, 1.165) is 72.9 Å². The van der Waals surface area contributed by atoms with Crippen LogP contribution in [0.25, 0.3) is 0 Å². The minimum atomic E-state index is -1.21. The van der Waals surface area contributed by atoms with Crippen molar-refractivity contribution in [2.75, 3.05) is 18.4 Å². The molecule has 5 nitrogen and oxygen atoms in total. The molecule has 2 fully saturated rings. The number of carbonyl (C=O) groups excluding carboxylic acids is 1. The Labute approximate surface area is 221 Å². The molecule has 1 aromatic heterocycles. The van der Waals surface area contributed by atoms with Crippen LogP contribution in [0.2, 0.25) is 5.02 Å². The molecule has 1 N–H and O–H groups in total. The predicted molar refractivity (Wildman–Crippen MR) is 145 cm³/mol. The van der Waals surface area contributed by atoms with Crippen molar-refractivity contribution >= 4 is 34.4 Å². The molecule has 2 aromatic carbocycles. The number of carbonyl (C=O) groups is 1. The van der Waals surface area contributed by atoms with Gasteiger partial charge >= 0.3 is 0 Å². The standard InChI is InChI=1S/C29H32ClN3O2S/c1-20-28(17-25(18-31-20)32-29(34)23-3-2-4-23)22-13-15-33(16-14-22)19-21-5-9-26(10-6-21)36(35)27-11-7-24(30)8-12-27/h5-12,17-18,22-23H,2-4,13-16,19H2,1H3,(H,32,34). The van der Waals surface area contributed by atoms with E-state index in [0.29, 0.717) is 10.9 Å². The van der Waals surface area contributed by atoms with Crippen LogP contribution in [0.15, 0.2) is 70.6 Å². The lowest BCUT2D eigenvalue weighted by Crippen LogP contribution is -2.32. The molecule has 2 aliphatic rings. The monoisotopic (exact) mass is 521 g/mol. The summed E-state index contributed by atoms with van der Waals surface area (Å²) in [4.78, 5) is 21.0. The Kier molecular flexibility index (Phi) is 7.96. The zero-order valence-electron chi connectivity index (χ0n) is 20.6. The van der Waals surface area contributed by atoms with Gasteiger partial charge in [0.1, 0.15) is 0 Å². The first-order chi connectivity index (χ1) is 17.5. The van der Waals surface area contributed by atoms with E-state index in [1.54, 1.807) is 18.3 Å². The van der Waals surface area contributed by atoms with Gasteiger partial charge in [0.25, 0.3) is 0 Å². The lowest BCUT2D eigenvalue weighted by Gasteiger charge is -2.33. The third-order valence-electron chi connectivity index (χ3n) is 7.47. The highest BCUT2D eigenvalue weighted by molar-refractivity contribution is 7.91. The molecule has 0 spiro atoms. The van der Waals surface area contributed by atoms with E-state index in [1.165, 1.54) is 11.1 Å². The van der Waals surface area contributed by atoms with Crippen LogP contribution in [0, 0.1) is 12.8 Å². The highest BCUT2D eigenvalue weighted by Gasteiger charge is 2.26. The molecule has 1 aliphatic heterocycles. The van der Waals surface area contributed by atoms with E-state index < -0.39 is 11.2 Å². The van der Waals surface area contributed by atoms with Gasteiger partial charge in [0.05, 0.1) is 11.9 Å². The molecule has 1 saturated carbocycles. The summed E-state index contributed by atoms with van der Waals surface area (Å²) in [6.45, 7) is 4.98. The SMILES string of the molecule is Cc1ncc(NC(=O)C2CCC2)cc1C1CCN(Cc2ccc([S+]([O-])c3ccc(Cl)cc3)cc2)CC1. The summed E-state index contributed by atoms with van der Waals surface area (Å²) in [6.07, 6.45) is 7.08. The third-order valence-corrected chi connectivity index (χ3v) is 9.12. The van der Waals surface area contributed by atoms with Gasteiger partial charge in [-0.25, -0.2) is 0 Å². The molecule has 1 atom stereocenters. The Morgan fingerprint density at radius 1 is 1.06 bits per heavy atom. The summed E-state index contributed by atoms with van der Waals surface area (Å²) in [7, 11) is 0. The summed E-state index contributed by atoms with van der Waals surface area (Å²) in [5, 5.41) is 3.72. The lowest BCUT2D eigenvalue weighted by molar-refractivity contribution is -0.122. The highest BCUT2D eigenvalue weighted by Crippen LogP contribution is 2.33. The van der Waals surface area contributed by atoms with Crippen molar-refractivity contribution in [3.63, 3.8) is 0 Å². The number of likely N-dealkylation sites (tertiary alicyclic amines) is 1. The molecule has 36 heavy (non-hydrogen) atoms. The number of aryl methyl sites for hydroxylation is 1. The number of rotatable bonds is 7. The van der Waals surface area contributed by atoms with Gasteiger partial charge in [-0.2, -0.15) is 0 Å². The quantitative estimate of drug-likeness (QED) is 0.369. The van der Waals surface area contributed by atoms with Crippen LogP contribution in [0.5, 0.6) is 0 Å². The maximum absolute atomic E-state index is 12.8. The Hall–Kier alpha value is -2.38. The van der Waals surface area contributed by atoms with Crippen LogP contribution in [0.3, 0.4) is 0 Å². The summed E-state index contributed by atoms with van der Waals surface area (Å²) in [5.74, 6) is 0.763. The van der Waals surface area contributed by atoms with Gasteiger partial charge in [-0.3, -0.25) is 14.7 Å². The second kappa shape index (κ2) is 11.3. The van der Waals surface area contributed by atoms with E-state index in [4.69, 9.17) is 11.6 Å². The van der Waals surface area contributed by atoms with Crippen molar-refractivity contribution in [2.45, 2.75) is 61.3 Å². The Morgan fingerprint density at radius 2 is 1.69 bits per heavy atom. The Morgan fingerprint density at radius 3 is 2.31 bits per heavy atom. The van der Waals surface area contributed by atoms with Gasteiger partial charge in [0.2, 0.25) is 5.91 Å². The van der Waals surface area contributed by atoms with E-state index in [-0.39, 0.29) is 11.8 Å². The fraction of sp³-hybridized carbons (Fsp3) is 0.379. The largest absolute Gasteiger partial charge is 0.606 e. The van der Waals surface area contributed by atoms with Gasteiger partial charge in [-0.15, -0.1) is 0 Å². The molecule has 1 unspecified atom stereocenters. The van der Waals surface area contributed by atoms with Gasteiger partial charge < -0.3 is 9.87 Å². The first kappa shape index (κ1) is 25.3. The number of aromatic nitrogens is 1. The smallest absolute Gasteiger partial charge is 0.227 e. The molecular formula is C29H32ClN3O2S. The number of nitrogens with one attached hydrogen (secondary N) is 1. The van der Waals surface area contributed by atoms with Gasteiger partial charge in [-0.1, -0.05) is 30.2 Å². The van der Waals surface area contributed by atoms with Gasteiger partial charge in [0, 0.05) is 34.4 Å². The maximum Gasteiger partial charge on any atom is 0.227 e. The molecule has 3 aromatic rings. The van der Waals surface area contributed by atoms with Crippen LogP contribution < -0.4 is 5.32 Å². The van der Waals surface area contributed by atoms with Crippen molar-refractivity contribution in [1.82, 2.24) is 9.88 Å². The lowest BCUT2D eigenvalue weighted by atomic mass is 9.84. The van der Waals surface area contributed by atoms with E-state index in [2.05, 4.69) is 40.3 Å². The van der Waals surface area contributed by atoms with Crippen LogP contribution in [0.1, 0.15) is 54.8 Å². The predicted octanol–water partition coefficient (Wildman–Crippen LogP) is 6.33. The van der Waals surface area contributed by atoms with Gasteiger partial charge in [0.15, 0.2) is 9.79 Å². The van der Waals surface area contributed by atoms with E-state index in [1.807, 2.05) is 24.3 Å². The molecule has 0 bridgehead atoms. The molecule has 188 valence electrons. The minimum Gasteiger partial charge on any atom is -0.606 e.